The van der Waals surface area contributed by atoms with Crippen LogP contribution in [0.3, 0.4) is 0 Å². The van der Waals surface area contributed by atoms with Crippen molar-refractivity contribution >= 4 is 10.0 Å². The Morgan fingerprint density at radius 2 is 2.04 bits per heavy atom. The highest BCUT2D eigenvalue weighted by atomic mass is 32.2. The summed E-state index contributed by atoms with van der Waals surface area (Å²) in [7, 11) is -3.10. The summed E-state index contributed by atoms with van der Waals surface area (Å²) >= 11 is 0. The first-order chi connectivity index (χ1) is 11.6. The Kier molecular flexibility index (Phi) is 4.43. The quantitative estimate of drug-likeness (QED) is 0.843. The summed E-state index contributed by atoms with van der Waals surface area (Å²) in [4.78, 5) is 2.61. The van der Waals surface area contributed by atoms with E-state index in [2.05, 4.69) is 29.2 Å². The lowest BCUT2D eigenvalue weighted by Crippen LogP contribution is -2.57. The summed E-state index contributed by atoms with van der Waals surface area (Å²) in [6.45, 7) is 4.85. The Balaban J connectivity index is 1.64. The Bertz CT molecular complexity index is 703. The molecule has 1 aromatic rings. The highest BCUT2D eigenvalue weighted by Crippen LogP contribution is 2.43. The van der Waals surface area contributed by atoms with Gasteiger partial charge in [-0.15, -0.1) is 0 Å². The minimum absolute atomic E-state index is 0.197. The highest BCUT2D eigenvalue weighted by Gasteiger charge is 2.45. The van der Waals surface area contributed by atoms with E-state index < -0.39 is 10.0 Å². The molecule has 4 rings (SSSR count). The molecule has 1 aromatic carbocycles. The number of piperidine rings is 2. The summed E-state index contributed by atoms with van der Waals surface area (Å²) in [6, 6.07) is 9.33. The molecule has 3 heterocycles. The van der Waals surface area contributed by atoms with Crippen molar-refractivity contribution in [2.75, 3.05) is 25.4 Å². The molecule has 3 aliphatic heterocycles. The van der Waals surface area contributed by atoms with Gasteiger partial charge < -0.3 is 0 Å². The van der Waals surface area contributed by atoms with Crippen LogP contribution in [0.15, 0.2) is 24.3 Å². The first-order valence-corrected chi connectivity index (χ1v) is 11.0. The number of nitrogens with zero attached hydrogens (tertiary/aromatic N) is 2. The minimum atomic E-state index is -3.10. The number of fused-ring (bicyclic) bond motifs is 4. The summed E-state index contributed by atoms with van der Waals surface area (Å²) < 4.78 is 27.4. The zero-order valence-electron chi connectivity index (χ0n) is 14.5. The Morgan fingerprint density at radius 1 is 1.21 bits per heavy atom. The molecule has 2 fully saturated rings. The van der Waals surface area contributed by atoms with Crippen molar-refractivity contribution in [1.29, 1.82) is 0 Å². The summed E-state index contributed by atoms with van der Waals surface area (Å²) in [5.41, 5.74) is 2.89. The fourth-order valence-corrected chi connectivity index (χ4v) is 6.90. The lowest BCUT2D eigenvalue weighted by Gasteiger charge is -2.51. The molecule has 5 heteroatoms. The molecule has 0 bridgehead atoms. The number of rotatable bonds is 3. The van der Waals surface area contributed by atoms with E-state index in [-0.39, 0.29) is 6.04 Å². The van der Waals surface area contributed by atoms with Gasteiger partial charge in [0.15, 0.2) is 0 Å². The molecule has 4 nitrogen and oxygen atoms in total. The molecule has 0 aromatic heterocycles. The van der Waals surface area contributed by atoms with E-state index in [1.165, 1.54) is 17.5 Å². The van der Waals surface area contributed by atoms with Crippen LogP contribution in [0.2, 0.25) is 0 Å². The molecule has 0 N–H and O–H groups in total. The predicted molar refractivity (Wildman–Crippen MR) is 96.4 cm³/mol. The van der Waals surface area contributed by atoms with Gasteiger partial charge in [-0.05, 0) is 49.1 Å². The van der Waals surface area contributed by atoms with Crippen LogP contribution in [-0.2, 0) is 16.4 Å². The summed E-state index contributed by atoms with van der Waals surface area (Å²) in [6.07, 6.45) is 4.98. The monoisotopic (exact) mass is 348 g/mol. The van der Waals surface area contributed by atoms with Crippen LogP contribution in [0, 0.1) is 5.92 Å². The van der Waals surface area contributed by atoms with Crippen molar-refractivity contribution in [2.45, 2.75) is 51.1 Å². The van der Waals surface area contributed by atoms with E-state index >= 15 is 0 Å². The van der Waals surface area contributed by atoms with Crippen molar-refractivity contribution in [1.82, 2.24) is 9.21 Å². The van der Waals surface area contributed by atoms with Gasteiger partial charge in [0.05, 0.1) is 5.75 Å². The van der Waals surface area contributed by atoms with Gasteiger partial charge >= 0.3 is 0 Å². The van der Waals surface area contributed by atoms with Gasteiger partial charge in [-0.1, -0.05) is 31.2 Å². The highest BCUT2D eigenvalue weighted by molar-refractivity contribution is 7.89. The van der Waals surface area contributed by atoms with Gasteiger partial charge in [-0.3, -0.25) is 4.90 Å². The van der Waals surface area contributed by atoms with Crippen molar-refractivity contribution < 1.29 is 8.42 Å². The van der Waals surface area contributed by atoms with Crippen LogP contribution >= 0.6 is 0 Å². The largest absolute Gasteiger partial charge is 0.296 e. The van der Waals surface area contributed by atoms with E-state index in [4.69, 9.17) is 0 Å². The van der Waals surface area contributed by atoms with E-state index in [0.717, 1.165) is 38.9 Å². The van der Waals surface area contributed by atoms with Crippen LogP contribution in [0.25, 0.3) is 0 Å². The van der Waals surface area contributed by atoms with Crippen molar-refractivity contribution in [3.8, 4) is 0 Å². The minimum Gasteiger partial charge on any atom is -0.296 e. The Hall–Kier alpha value is -0.910. The molecule has 0 unspecified atom stereocenters. The molecule has 0 radical (unpaired) electrons. The molecule has 0 amide bonds. The second-order valence-corrected chi connectivity index (χ2v) is 9.63. The first-order valence-electron chi connectivity index (χ1n) is 9.41. The smallest absolute Gasteiger partial charge is 0.214 e. The zero-order valence-corrected chi connectivity index (χ0v) is 15.3. The third-order valence-corrected chi connectivity index (χ3v) is 8.24. The molecule has 132 valence electrons. The molecule has 0 saturated carbocycles. The number of hydrogen-bond donors (Lipinski definition) is 0. The maximum atomic E-state index is 12.8. The summed E-state index contributed by atoms with van der Waals surface area (Å²) in [5.74, 6) is 0.799. The molecule has 0 aliphatic carbocycles. The van der Waals surface area contributed by atoms with Gasteiger partial charge in [0.25, 0.3) is 0 Å². The van der Waals surface area contributed by atoms with Gasteiger partial charge in [0.1, 0.15) is 0 Å². The maximum Gasteiger partial charge on any atom is 0.214 e. The first kappa shape index (κ1) is 16.6. The summed E-state index contributed by atoms with van der Waals surface area (Å²) in [5, 5.41) is 0. The topological polar surface area (TPSA) is 40.6 Å². The zero-order chi connectivity index (χ0) is 16.7. The van der Waals surface area contributed by atoms with Gasteiger partial charge in [-0.2, -0.15) is 4.31 Å². The van der Waals surface area contributed by atoms with Crippen LogP contribution in [0.1, 0.15) is 49.8 Å². The molecular formula is C19H28N2O2S. The lowest BCUT2D eigenvalue weighted by molar-refractivity contribution is 0.0220. The average Bonchev–Trinajstić information content (AvgIpc) is 2.59. The number of hydrogen-bond acceptors (Lipinski definition) is 3. The average molecular weight is 349 g/mol. The predicted octanol–water partition coefficient (Wildman–Crippen LogP) is 2.81. The number of benzene rings is 1. The molecule has 24 heavy (non-hydrogen) atoms. The van der Waals surface area contributed by atoms with Crippen molar-refractivity contribution in [3.63, 3.8) is 0 Å². The second-order valence-electron chi connectivity index (χ2n) is 7.59. The van der Waals surface area contributed by atoms with Crippen LogP contribution in [0.5, 0.6) is 0 Å². The molecule has 3 aliphatic rings. The van der Waals surface area contributed by atoms with Crippen molar-refractivity contribution in [3.05, 3.63) is 35.4 Å². The third kappa shape index (κ3) is 2.80. The van der Waals surface area contributed by atoms with Crippen LogP contribution in [-0.4, -0.2) is 49.1 Å². The van der Waals surface area contributed by atoms with E-state index in [1.807, 2.05) is 11.2 Å². The molecule has 0 spiro atoms. The fraction of sp³-hybridized carbons (Fsp3) is 0.684. The Morgan fingerprint density at radius 3 is 2.88 bits per heavy atom. The van der Waals surface area contributed by atoms with Crippen LogP contribution in [0.4, 0.5) is 0 Å². The van der Waals surface area contributed by atoms with Gasteiger partial charge in [0, 0.05) is 31.7 Å². The molecular weight excluding hydrogens is 320 g/mol. The lowest BCUT2D eigenvalue weighted by atomic mass is 9.77. The normalized spacial score (nSPS) is 31.1. The SMILES string of the molecule is CCCS(=O)(=O)N1CCC[C@@H]2CN3CCc4ccccc4[C@@H]3C[C@@H]21. The van der Waals surface area contributed by atoms with Gasteiger partial charge in [-0.25, -0.2) is 8.42 Å². The van der Waals surface area contributed by atoms with E-state index in [0.29, 0.717) is 24.1 Å². The number of sulfonamides is 1. The Labute approximate surface area is 145 Å². The standard InChI is InChI=1S/C19H28N2O2S/c1-2-12-24(22,23)21-10-5-7-16-14-20-11-9-15-6-3-4-8-17(15)19(20)13-18(16)21/h3-4,6,8,16,18-19H,2,5,7,9-14H2,1H3/t16-,18+,19+/m1/s1. The van der Waals surface area contributed by atoms with E-state index in [1.54, 1.807) is 0 Å². The third-order valence-electron chi connectivity index (χ3n) is 6.14. The molecule has 3 atom stereocenters. The maximum absolute atomic E-state index is 12.8. The van der Waals surface area contributed by atoms with Crippen molar-refractivity contribution in [2.24, 2.45) is 5.92 Å². The second kappa shape index (κ2) is 6.43. The fourth-order valence-electron chi connectivity index (χ4n) is 5.07. The molecule has 2 saturated heterocycles. The van der Waals surface area contributed by atoms with E-state index in [9.17, 15) is 8.42 Å². The van der Waals surface area contributed by atoms with Gasteiger partial charge in [0.2, 0.25) is 10.0 Å². The van der Waals surface area contributed by atoms with Crippen LogP contribution < -0.4 is 0 Å².